The van der Waals surface area contributed by atoms with Gasteiger partial charge in [-0.3, -0.25) is 4.79 Å². The molecule has 3 heterocycles. The fourth-order valence-electron chi connectivity index (χ4n) is 3.13. The SMILES string of the molecule is CCCCN(Cc1ccco1)C(=O)c1cc2c(Cl)nc3ccccc3c2s1. The lowest BCUT2D eigenvalue weighted by atomic mass is 10.2. The molecular weight excluding hydrogens is 380 g/mol. The van der Waals surface area contributed by atoms with Crippen LogP contribution >= 0.6 is 22.9 Å². The van der Waals surface area contributed by atoms with Crippen LogP contribution in [-0.2, 0) is 6.54 Å². The monoisotopic (exact) mass is 398 g/mol. The number of pyridine rings is 1. The Morgan fingerprint density at radius 1 is 1.22 bits per heavy atom. The average molecular weight is 399 g/mol. The van der Waals surface area contributed by atoms with Crippen molar-refractivity contribution in [1.29, 1.82) is 0 Å². The van der Waals surface area contributed by atoms with Crippen LogP contribution < -0.4 is 0 Å². The van der Waals surface area contributed by atoms with Gasteiger partial charge in [-0.2, -0.15) is 0 Å². The average Bonchev–Trinajstić information content (AvgIpc) is 3.35. The van der Waals surface area contributed by atoms with Gasteiger partial charge < -0.3 is 9.32 Å². The fraction of sp³-hybridized carbons (Fsp3) is 0.238. The van der Waals surface area contributed by atoms with Gasteiger partial charge in [-0.25, -0.2) is 4.98 Å². The van der Waals surface area contributed by atoms with E-state index >= 15 is 0 Å². The number of aromatic nitrogens is 1. The number of para-hydroxylation sites is 1. The van der Waals surface area contributed by atoms with Gasteiger partial charge in [0.2, 0.25) is 0 Å². The van der Waals surface area contributed by atoms with Crippen molar-refractivity contribution < 1.29 is 9.21 Å². The van der Waals surface area contributed by atoms with Gasteiger partial charge in [0.1, 0.15) is 10.9 Å². The second kappa shape index (κ2) is 7.71. The van der Waals surface area contributed by atoms with Gasteiger partial charge in [-0.05, 0) is 30.7 Å². The molecule has 0 spiro atoms. The molecular formula is C21H19ClN2O2S. The molecule has 0 atom stereocenters. The molecule has 0 unspecified atom stereocenters. The quantitative estimate of drug-likeness (QED) is 0.366. The number of unbranched alkanes of at least 4 members (excludes halogenated alkanes) is 1. The summed E-state index contributed by atoms with van der Waals surface area (Å²) in [6, 6.07) is 13.5. The molecule has 0 aliphatic heterocycles. The summed E-state index contributed by atoms with van der Waals surface area (Å²) in [6.45, 7) is 3.27. The second-order valence-electron chi connectivity index (χ2n) is 6.43. The van der Waals surface area contributed by atoms with E-state index in [1.807, 2.05) is 47.4 Å². The van der Waals surface area contributed by atoms with E-state index in [2.05, 4.69) is 11.9 Å². The third-order valence-corrected chi connectivity index (χ3v) is 5.97. The molecule has 1 amide bonds. The Balaban J connectivity index is 1.73. The Kier molecular flexibility index (Phi) is 5.14. The molecule has 0 aliphatic carbocycles. The van der Waals surface area contributed by atoms with Crippen molar-refractivity contribution >= 4 is 49.8 Å². The predicted octanol–water partition coefficient (Wildman–Crippen LogP) is 6.14. The molecule has 138 valence electrons. The number of rotatable bonds is 6. The van der Waals surface area contributed by atoms with E-state index in [0.717, 1.165) is 39.6 Å². The van der Waals surface area contributed by atoms with Gasteiger partial charge in [0.05, 0.1) is 23.2 Å². The zero-order chi connectivity index (χ0) is 18.8. The van der Waals surface area contributed by atoms with Crippen molar-refractivity contribution in [2.24, 2.45) is 0 Å². The lowest BCUT2D eigenvalue weighted by Gasteiger charge is -2.20. The summed E-state index contributed by atoms with van der Waals surface area (Å²) in [7, 11) is 0. The van der Waals surface area contributed by atoms with Crippen LogP contribution in [0.5, 0.6) is 0 Å². The lowest BCUT2D eigenvalue weighted by molar-refractivity contribution is 0.0734. The first-order chi connectivity index (χ1) is 13.2. The zero-order valence-corrected chi connectivity index (χ0v) is 16.5. The lowest BCUT2D eigenvalue weighted by Crippen LogP contribution is -2.30. The Morgan fingerprint density at radius 3 is 2.85 bits per heavy atom. The molecule has 6 heteroatoms. The maximum Gasteiger partial charge on any atom is 0.264 e. The third-order valence-electron chi connectivity index (χ3n) is 4.53. The minimum Gasteiger partial charge on any atom is -0.467 e. The normalized spacial score (nSPS) is 11.3. The van der Waals surface area contributed by atoms with Crippen molar-refractivity contribution in [3.05, 3.63) is 64.5 Å². The van der Waals surface area contributed by atoms with Crippen LogP contribution in [0.2, 0.25) is 5.15 Å². The number of nitrogens with zero attached hydrogens (tertiary/aromatic N) is 2. The number of thiophene rings is 1. The largest absolute Gasteiger partial charge is 0.467 e. The van der Waals surface area contributed by atoms with Gasteiger partial charge in [0, 0.05) is 22.0 Å². The molecule has 3 aromatic heterocycles. The van der Waals surface area contributed by atoms with Gasteiger partial charge in [-0.15, -0.1) is 11.3 Å². The first-order valence-electron chi connectivity index (χ1n) is 8.97. The van der Waals surface area contributed by atoms with Crippen molar-refractivity contribution in [2.45, 2.75) is 26.3 Å². The van der Waals surface area contributed by atoms with Crippen LogP contribution in [0, 0.1) is 0 Å². The van der Waals surface area contributed by atoms with E-state index in [1.54, 1.807) is 6.26 Å². The summed E-state index contributed by atoms with van der Waals surface area (Å²) in [5, 5.41) is 2.29. The van der Waals surface area contributed by atoms with Gasteiger partial charge in [0.15, 0.2) is 0 Å². The number of hydrogen-bond donors (Lipinski definition) is 0. The Labute approximate surface area is 166 Å². The van der Waals surface area contributed by atoms with Crippen LogP contribution in [0.25, 0.3) is 21.0 Å². The highest BCUT2D eigenvalue weighted by atomic mass is 35.5. The first-order valence-corrected chi connectivity index (χ1v) is 10.2. The molecule has 1 aromatic carbocycles. The maximum absolute atomic E-state index is 13.2. The highest BCUT2D eigenvalue weighted by Gasteiger charge is 2.21. The summed E-state index contributed by atoms with van der Waals surface area (Å²) in [6.07, 6.45) is 3.60. The summed E-state index contributed by atoms with van der Waals surface area (Å²) in [4.78, 5) is 20.2. The van der Waals surface area contributed by atoms with E-state index in [-0.39, 0.29) is 5.91 Å². The summed E-state index contributed by atoms with van der Waals surface area (Å²) in [5.41, 5.74) is 0.842. The Hall–Kier alpha value is -2.37. The third kappa shape index (κ3) is 3.57. The topological polar surface area (TPSA) is 46.3 Å². The number of carbonyl (C=O) groups excluding carboxylic acids is 1. The molecule has 4 aromatic rings. The zero-order valence-electron chi connectivity index (χ0n) is 14.9. The Bertz CT molecular complexity index is 1090. The molecule has 0 N–H and O–H groups in total. The Morgan fingerprint density at radius 2 is 2.07 bits per heavy atom. The molecule has 0 fully saturated rings. The van der Waals surface area contributed by atoms with Crippen LogP contribution in [0.15, 0.2) is 53.1 Å². The van der Waals surface area contributed by atoms with E-state index in [1.165, 1.54) is 11.3 Å². The number of furan rings is 1. The second-order valence-corrected chi connectivity index (χ2v) is 7.84. The van der Waals surface area contributed by atoms with Crippen molar-refractivity contribution in [3.8, 4) is 0 Å². The van der Waals surface area contributed by atoms with E-state index < -0.39 is 0 Å². The van der Waals surface area contributed by atoms with Crippen molar-refractivity contribution in [1.82, 2.24) is 9.88 Å². The van der Waals surface area contributed by atoms with Crippen LogP contribution in [0.4, 0.5) is 0 Å². The molecule has 4 rings (SSSR count). The standard InChI is InChI=1S/C21H19ClN2O2S/c1-2-3-10-24(13-14-7-6-11-26-14)21(25)18-12-16-19(27-18)15-8-4-5-9-17(15)23-20(16)22/h4-9,11-12H,2-3,10,13H2,1H3. The highest BCUT2D eigenvalue weighted by Crippen LogP contribution is 2.36. The van der Waals surface area contributed by atoms with E-state index in [0.29, 0.717) is 23.1 Å². The van der Waals surface area contributed by atoms with E-state index in [9.17, 15) is 4.79 Å². The van der Waals surface area contributed by atoms with Crippen molar-refractivity contribution in [3.63, 3.8) is 0 Å². The predicted molar refractivity (Wildman–Crippen MR) is 110 cm³/mol. The molecule has 0 saturated carbocycles. The van der Waals surface area contributed by atoms with Crippen LogP contribution in [-0.4, -0.2) is 22.3 Å². The summed E-state index contributed by atoms with van der Waals surface area (Å²) < 4.78 is 6.45. The number of amides is 1. The molecule has 0 aliphatic rings. The summed E-state index contributed by atoms with van der Waals surface area (Å²) >= 11 is 7.87. The minimum atomic E-state index is 0.00111. The fourth-order valence-corrected chi connectivity index (χ4v) is 4.58. The number of benzene rings is 1. The number of fused-ring (bicyclic) bond motifs is 3. The smallest absolute Gasteiger partial charge is 0.264 e. The summed E-state index contributed by atoms with van der Waals surface area (Å²) in [5.74, 6) is 0.784. The number of halogens is 1. The van der Waals surface area contributed by atoms with Crippen LogP contribution in [0.1, 0.15) is 35.2 Å². The highest BCUT2D eigenvalue weighted by molar-refractivity contribution is 7.21. The molecule has 0 bridgehead atoms. The maximum atomic E-state index is 13.2. The minimum absolute atomic E-state index is 0.00111. The molecule has 0 saturated heterocycles. The molecule has 4 nitrogen and oxygen atoms in total. The van der Waals surface area contributed by atoms with Crippen LogP contribution in [0.3, 0.4) is 0 Å². The van der Waals surface area contributed by atoms with Crippen molar-refractivity contribution in [2.75, 3.05) is 6.54 Å². The van der Waals surface area contributed by atoms with Gasteiger partial charge in [0.25, 0.3) is 5.91 Å². The molecule has 27 heavy (non-hydrogen) atoms. The van der Waals surface area contributed by atoms with Gasteiger partial charge >= 0.3 is 0 Å². The number of carbonyl (C=O) groups is 1. The van der Waals surface area contributed by atoms with Gasteiger partial charge in [-0.1, -0.05) is 43.1 Å². The first kappa shape index (κ1) is 18.0. The van der Waals surface area contributed by atoms with E-state index in [4.69, 9.17) is 16.0 Å². The molecule has 0 radical (unpaired) electrons. The number of hydrogen-bond acceptors (Lipinski definition) is 4.